The van der Waals surface area contributed by atoms with E-state index in [2.05, 4.69) is 11.8 Å². The zero-order chi connectivity index (χ0) is 9.97. The van der Waals surface area contributed by atoms with Crippen LogP contribution in [-0.4, -0.2) is 6.04 Å². The van der Waals surface area contributed by atoms with Crippen LogP contribution in [0.2, 0.25) is 0 Å². The minimum atomic E-state index is 0.326. The van der Waals surface area contributed by atoms with Gasteiger partial charge in [-0.25, -0.2) is 0 Å². The molecule has 2 aliphatic carbocycles. The lowest BCUT2D eigenvalue weighted by Gasteiger charge is -2.23. The smallest absolute Gasteiger partial charge is 0.0241 e. The lowest BCUT2D eigenvalue weighted by molar-refractivity contribution is 0.296. The summed E-state index contributed by atoms with van der Waals surface area (Å²) < 4.78 is 0. The number of hydrogen-bond acceptors (Lipinski definition) is 1. The number of rotatable bonds is 3. The summed E-state index contributed by atoms with van der Waals surface area (Å²) in [5, 5.41) is 0. The third kappa shape index (κ3) is 2.12. The first-order valence-electron chi connectivity index (χ1n) is 5.94. The average molecular weight is 191 g/mol. The second kappa shape index (κ2) is 4.36. The molecule has 2 fully saturated rings. The number of hydrogen-bond donors (Lipinski definition) is 1. The summed E-state index contributed by atoms with van der Waals surface area (Å²) in [6, 6.07) is 0.326. The summed E-state index contributed by atoms with van der Waals surface area (Å²) in [6.07, 6.45) is 8.03. The Kier molecular flexibility index (Phi) is 3.13. The summed E-state index contributed by atoms with van der Waals surface area (Å²) in [5.41, 5.74) is 6.07. The van der Waals surface area contributed by atoms with Crippen LogP contribution in [0.5, 0.6) is 0 Å². The maximum Gasteiger partial charge on any atom is 0.0241 e. The maximum atomic E-state index is 6.07. The van der Waals surface area contributed by atoms with Crippen LogP contribution >= 0.6 is 0 Å². The van der Waals surface area contributed by atoms with Gasteiger partial charge < -0.3 is 5.73 Å². The highest BCUT2D eigenvalue weighted by Gasteiger charge is 2.39. The largest absolute Gasteiger partial charge is 0.327 e. The maximum absolute atomic E-state index is 6.07. The van der Waals surface area contributed by atoms with E-state index in [0.717, 1.165) is 24.2 Å². The molecule has 0 radical (unpaired) electrons. The first-order chi connectivity index (χ1) is 6.79. The van der Waals surface area contributed by atoms with E-state index >= 15 is 0 Å². The van der Waals surface area contributed by atoms with Gasteiger partial charge in [-0.15, -0.1) is 11.8 Å². The molecule has 78 valence electrons. The normalized spacial score (nSPS) is 36.6. The topological polar surface area (TPSA) is 26.0 Å². The van der Waals surface area contributed by atoms with Gasteiger partial charge in [-0.2, -0.15) is 0 Å². The van der Waals surface area contributed by atoms with Crippen LogP contribution in [0, 0.1) is 29.6 Å². The van der Waals surface area contributed by atoms with E-state index < -0.39 is 0 Å². The Morgan fingerprint density at radius 1 is 1.36 bits per heavy atom. The lowest BCUT2D eigenvalue weighted by atomic mass is 9.84. The Balaban J connectivity index is 1.77. The second-order valence-electron chi connectivity index (χ2n) is 5.06. The minimum absolute atomic E-state index is 0.326. The predicted octanol–water partition coefficient (Wildman–Crippen LogP) is 2.55. The van der Waals surface area contributed by atoms with Crippen molar-refractivity contribution >= 4 is 0 Å². The molecule has 0 aromatic rings. The van der Waals surface area contributed by atoms with Crippen LogP contribution in [0.3, 0.4) is 0 Å². The quantitative estimate of drug-likeness (QED) is 0.682. The summed E-state index contributed by atoms with van der Waals surface area (Å²) in [4.78, 5) is 0. The van der Waals surface area contributed by atoms with Crippen molar-refractivity contribution in [1.29, 1.82) is 0 Å². The molecule has 0 saturated heterocycles. The molecule has 0 spiro atoms. The monoisotopic (exact) mass is 191 g/mol. The second-order valence-corrected chi connectivity index (χ2v) is 5.06. The van der Waals surface area contributed by atoms with Crippen LogP contribution in [0.25, 0.3) is 0 Å². The zero-order valence-electron chi connectivity index (χ0n) is 9.13. The molecule has 2 rings (SSSR count). The molecule has 1 heteroatoms. The molecular weight excluding hydrogens is 170 g/mol. The van der Waals surface area contributed by atoms with Crippen LogP contribution in [0.4, 0.5) is 0 Å². The standard InChI is InChI=1S/C13H21N/c1-2-3-4-13(14)9-12-8-10-5-6-11(12)7-10/h10-13H,4-9,14H2,1H3. The van der Waals surface area contributed by atoms with Gasteiger partial charge in [0.2, 0.25) is 0 Å². The van der Waals surface area contributed by atoms with Gasteiger partial charge in [-0.1, -0.05) is 6.42 Å². The molecule has 0 heterocycles. The van der Waals surface area contributed by atoms with Gasteiger partial charge in [0.15, 0.2) is 0 Å². The molecule has 4 atom stereocenters. The van der Waals surface area contributed by atoms with E-state index in [1.165, 1.54) is 32.1 Å². The third-order valence-corrected chi connectivity index (χ3v) is 4.03. The van der Waals surface area contributed by atoms with Gasteiger partial charge in [-0.3, -0.25) is 0 Å². The van der Waals surface area contributed by atoms with E-state index in [0.29, 0.717) is 6.04 Å². The Labute approximate surface area is 87.4 Å². The fourth-order valence-electron chi connectivity index (χ4n) is 3.37. The van der Waals surface area contributed by atoms with Crippen LogP contribution in [-0.2, 0) is 0 Å². The molecule has 1 nitrogen and oxygen atoms in total. The highest BCUT2D eigenvalue weighted by atomic mass is 14.6. The summed E-state index contributed by atoms with van der Waals surface area (Å²) in [7, 11) is 0. The van der Waals surface area contributed by atoms with Crippen LogP contribution in [0.1, 0.15) is 45.4 Å². The number of fused-ring (bicyclic) bond motifs is 2. The zero-order valence-corrected chi connectivity index (χ0v) is 9.13. The van der Waals surface area contributed by atoms with Crippen molar-refractivity contribution in [3.8, 4) is 11.8 Å². The van der Waals surface area contributed by atoms with E-state index in [4.69, 9.17) is 5.73 Å². The average Bonchev–Trinajstić information content (AvgIpc) is 2.76. The highest BCUT2D eigenvalue weighted by molar-refractivity contribution is 4.99. The first kappa shape index (κ1) is 10.1. The molecule has 2 aliphatic rings. The van der Waals surface area contributed by atoms with Gasteiger partial charge in [0.1, 0.15) is 0 Å². The van der Waals surface area contributed by atoms with Gasteiger partial charge >= 0.3 is 0 Å². The van der Waals surface area contributed by atoms with E-state index in [1.54, 1.807) is 0 Å². The van der Waals surface area contributed by atoms with Gasteiger partial charge in [0.05, 0.1) is 0 Å². The van der Waals surface area contributed by atoms with Crippen molar-refractivity contribution in [2.75, 3.05) is 0 Å². The van der Waals surface area contributed by atoms with Crippen LogP contribution in [0.15, 0.2) is 0 Å². The van der Waals surface area contributed by atoms with Gasteiger partial charge in [0.25, 0.3) is 0 Å². The molecule has 14 heavy (non-hydrogen) atoms. The lowest BCUT2D eigenvalue weighted by Crippen LogP contribution is -2.25. The Hall–Kier alpha value is -0.480. The Morgan fingerprint density at radius 2 is 2.21 bits per heavy atom. The first-order valence-corrected chi connectivity index (χ1v) is 5.94. The van der Waals surface area contributed by atoms with Gasteiger partial charge in [0, 0.05) is 12.5 Å². The van der Waals surface area contributed by atoms with Crippen molar-refractivity contribution in [3.05, 3.63) is 0 Å². The van der Waals surface area contributed by atoms with Crippen molar-refractivity contribution in [2.24, 2.45) is 23.5 Å². The molecule has 2 bridgehead atoms. The SMILES string of the molecule is CC#CCC(N)CC1CC2CCC1C2. The Morgan fingerprint density at radius 3 is 2.79 bits per heavy atom. The van der Waals surface area contributed by atoms with Crippen molar-refractivity contribution < 1.29 is 0 Å². The molecular formula is C13H21N. The summed E-state index contributed by atoms with van der Waals surface area (Å²) >= 11 is 0. The van der Waals surface area contributed by atoms with Gasteiger partial charge in [-0.05, 0) is 50.4 Å². The van der Waals surface area contributed by atoms with Crippen LogP contribution < -0.4 is 5.73 Å². The van der Waals surface area contributed by atoms with Crippen molar-refractivity contribution in [2.45, 2.75) is 51.5 Å². The fraction of sp³-hybridized carbons (Fsp3) is 0.846. The van der Waals surface area contributed by atoms with E-state index in [1.807, 2.05) is 6.92 Å². The fourth-order valence-corrected chi connectivity index (χ4v) is 3.37. The molecule has 0 amide bonds. The molecule has 2 N–H and O–H groups in total. The summed E-state index contributed by atoms with van der Waals surface area (Å²) in [5.74, 6) is 9.02. The molecule has 0 aromatic heterocycles. The minimum Gasteiger partial charge on any atom is -0.327 e. The number of nitrogens with two attached hydrogens (primary N) is 1. The molecule has 2 saturated carbocycles. The van der Waals surface area contributed by atoms with E-state index in [9.17, 15) is 0 Å². The van der Waals surface area contributed by atoms with Crippen molar-refractivity contribution in [1.82, 2.24) is 0 Å². The predicted molar refractivity (Wildman–Crippen MR) is 59.6 cm³/mol. The van der Waals surface area contributed by atoms with Crippen molar-refractivity contribution in [3.63, 3.8) is 0 Å². The van der Waals surface area contributed by atoms with E-state index in [-0.39, 0.29) is 0 Å². The summed E-state index contributed by atoms with van der Waals surface area (Å²) in [6.45, 7) is 1.89. The third-order valence-electron chi connectivity index (χ3n) is 4.03. The highest BCUT2D eigenvalue weighted by Crippen LogP contribution is 2.49. The Bertz CT molecular complexity index is 248. The molecule has 0 aliphatic heterocycles. The molecule has 0 aromatic carbocycles. The molecule has 4 unspecified atom stereocenters.